The van der Waals surface area contributed by atoms with Crippen LogP contribution in [0.3, 0.4) is 0 Å². The van der Waals surface area contributed by atoms with E-state index in [1.807, 2.05) is 0 Å². The number of nitrogens with zero attached hydrogens (tertiary/aromatic N) is 2. The molecular weight excluding hydrogens is 204 g/mol. The quantitative estimate of drug-likeness (QED) is 0.614. The van der Waals surface area contributed by atoms with Gasteiger partial charge in [-0.05, 0) is 38.9 Å². The van der Waals surface area contributed by atoms with E-state index >= 15 is 0 Å². The van der Waals surface area contributed by atoms with Crippen LogP contribution < -0.4 is 11.1 Å². The van der Waals surface area contributed by atoms with E-state index in [0.29, 0.717) is 19.0 Å². The van der Waals surface area contributed by atoms with Crippen molar-refractivity contribution in [2.75, 3.05) is 26.2 Å². The van der Waals surface area contributed by atoms with Gasteiger partial charge in [-0.25, -0.2) is 0 Å². The smallest absolute Gasteiger partial charge is 0.231 e. The molecule has 0 atom stereocenters. The van der Waals surface area contributed by atoms with Crippen LogP contribution in [0.15, 0.2) is 0 Å². The summed E-state index contributed by atoms with van der Waals surface area (Å²) in [5.74, 6) is -0.282. The van der Waals surface area contributed by atoms with Crippen LogP contribution >= 0.6 is 0 Å². The van der Waals surface area contributed by atoms with Gasteiger partial charge in [0.1, 0.15) is 0 Å². The number of piperidine rings is 1. The minimum Gasteiger partial charge on any atom is -0.369 e. The van der Waals surface area contributed by atoms with Crippen LogP contribution in [0.5, 0.6) is 0 Å². The summed E-state index contributed by atoms with van der Waals surface area (Å²) in [5, 5.41) is 11.8. The van der Waals surface area contributed by atoms with Gasteiger partial charge in [-0.3, -0.25) is 9.69 Å². The molecule has 0 aromatic carbocycles. The van der Waals surface area contributed by atoms with E-state index in [9.17, 15) is 4.79 Å². The molecule has 1 aliphatic heterocycles. The summed E-state index contributed by atoms with van der Waals surface area (Å²) in [4.78, 5) is 13.1. The van der Waals surface area contributed by atoms with Crippen molar-refractivity contribution in [1.82, 2.24) is 10.2 Å². The molecule has 1 fully saturated rings. The summed E-state index contributed by atoms with van der Waals surface area (Å²) < 4.78 is 0. The van der Waals surface area contributed by atoms with Gasteiger partial charge in [0.15, 0.2) is 0 Å². The predicted molar refractivity (Wildman–Crippen MR) is 61.5 cm³/mol. The molecule has 5 nitrogen and oxygen atoms in total. The maximum absolute atomic E-state index is 11.0. The van der Waals surface area contributed by atoms with Gasteiger partial charge in [0.2, 0.25) is 5.91 Å². The number of nitrogens with two attached hydrogens (primary N) is 1. The molecular formula is C11H20N4O. The van der Waals surface area contributed by atoms with Gasteiger partial charge in [-0.2, -0.15) is 5.26 Å². The lowest BCUT2D eigenvalue weighted by Crippen LogP contribution is -2.46. The molecule has 0 aliphatic carbocycles. The Labute approximate surface area is 96.6 Å². The average molecular weight is 224 g/mol. The van der Waals surface area contributed by atoms with Crippen LogP contribution in [0.2, 0.25) is 0 Å². The SMILES string of the molecule is N#CCCCN(CC(N)=O)C1CCNCC1. The molecule has 1 amide bonds. The van der Waals surface area contributed by atoms with Crippen molar-refractivity contribution < 1.29 is 4.79 Å². The van der Waals surface area contributed by atoms with Gasteiger partial charge in [-0.15, -0.1) is 0 Å². The lowest BCUT2D eigenvalue weighted by molar-refractivity contribution is -0.119. The zero-order valence-corrected chi connectivity index (χ0v) is 9.61. The molecule has 0 aromatic rings. The molecule has 5 heteroatoms. The third-order valence-electron chi connectivity index (χ3n) is 2.92. The highest BCUT2D eigenvalue weighted by molar-refractivity contribution is 5.75. The monoisotopic (exact) mass is 224 g/mol. The zero-order chi connectivity index (χ0) is 11.8. The number of carbonyl (C=O) groups is 1. The number of unbranched alkanes of at least 4 members (excludes halogenated alkanes) is 1. The molecule has 0 aromatic heterocycles. The summed E-state index contributed by atoms with van der Waals surface area (Å²) in [6, 6.07) is 2.56. The second-order valence-electron chi connectivity index (χ2n) is 4.18. The first kappa shape index (κ1) is 12.9. The molecule has 0 spiro atoms. The molecule has 1 rings (SSSR count). The summed E-state index contributed by atoms with van der Waals surface area (Å²) in [5.41, 5.74) is 5.24. The number of nitrogens with one attached hydrogen (secondary N) is 1. The highest BCUT2D eigenvalue weighted by atomic mass is 16.1. The molecule has 90 valence electrons. The maximum atomic E-state index is 11.0. The van der Waals surface area contributed by atoms with Gasteiger partial charge in [0, 0.05) is 12.5 Å². The molecule has 0 saturated carbocycles. The second kappa shape index (κ2) is 7.20. The Morgan fingerprint density at radius 2 is 2.19 bits per heavy atom. The number of rotatable bonds is 6. The number of hydrogen-bond acceptors (Lipinski definition) is 4. The van der Waals surface area contributed by atoms with Gasteiger partial charge in [0.05, 0.1) is 12.6 Å². The van der Waals surface area contributed by atoms with Crippen molar-refractivity contribution in [3.63, 3.8) is 0 Å². The highest BCUT2D eigenvalue weighted by Crippen LogP contribution is 2.12. The first-order valence-corrected chi connectivity index (χ1v) is 5.84. The minimum atomic E-state index is -0.282. The van der Waals surface area contributed by atoms with E-state index in [-0.39, 0.29) is 5.91 Å². The zero-order valence-electron chi connectivity index (χ0n) is 9.61. The number of carbonyl (C=O) groups excluding carboxylic acids is 1. The third-order valence-corrected chi connectivity index (χ3v) is 2.92. The van der Waals surface area contributed by atoms with Crippen LogP contribution in [0.1, 0.15) is 25.7 Å². The summed E-state index contributed by atoms with van der Waals surface area (Å²) >= 11 is 0. The molecule has 0 unspecified atom stereocenters. The molecule has 0 bridgehead atoms. The van der Waals surface area contributed by atoms with Crippen LogP contribution in [-0.2, 0) is 4.79 Å². The van der Waals surface area contributed by atoms with Crippen molar-refractivity contribution >= 4 is 5.91 Å². The second-order valence-corrected chi connectivity index (χ2v) is 4.18. The molecule has 1 aliphatic rings. The Hall–Kier alpha value is -1.12. The fourth-order valence-electron chi connectivity index (χ4n) is 2.12. The van der Waals surface area contributed by atoms with Crippen molar-refractivity contribution in [2.45, 2.75) is 31.7 Å². The summed E-state index contributed by atoms with van der Waals surface area (Å²) in [6.45, 7) is 3.10. The number of amides is 1. The van der Waals surface area contributed by atoms with Crippen LogP contribution in [0.25, 0.3) is 0 Å². The first-order chi connectivity index (χ1) is 7.74. The topological polar surface area (TPSA) is 82.2 Å². The van der Waals surface area contributed by atoms with Crippen LogP contribution in [-0.4, -0.2) is 43.0 Å². The maximum Gasteiger partial charge on any atom is 0.231 e. The summed E-state index contributed by atoms with van der Waals surface area (Å²) in [7, 11) is 0. The van der Waals surface area contributed by atoms with Gasteiger partial charge >= 0.3 is 0 Å². The van der Waals surface area contributed by atoms with Crippen molar-refractivity contribution in [2.24, 2.45) is 5.73 Å². The van der Waals surface area contributed by atoms with E-state index in [1.54, 1.807) is 0 Å². The normalized spacial score (nSPS) is 17.2. The number of primary amides is 1. The Balaban J connectivity index is 2.41. The fourth-order valence-corrected chi connectivity index (χ4v) is 2.12. The lowest BCUT2D eigenvalue weighted by atomic mass is 10.0. The third kappa shape index (κ3) is 4.60. The van der Waals surface area contributed by atoms with E-state index in [1.165, 1.54) is 0 Å². The van der Waals surface area contributed by atoms with Crippen LogP contribution in [0, 0.1) is 11.3 Å². The molecule has 16 heavy (non-hydrogen) atoms. The number of nitriles is 1. The fraction of sp³-hybridized carbons (Fsp3) is 0.818. The van der Waals surface area contributed by atoms with E-state index in [2.05, 4.69) is 16.3 Å². The van der Waals surface area contributed by atoms with Gasteiger partial charge < -0.3 is 11.1 Å². The lowest BCUT2D eigenvalue weighted by Gasteiger charge is -2.33. The Bertz CT molecular complexity index is 255. The van der Waals surface area contributed by atoms with E-state index in [4.69, 9.17) is 11.0 Å². The van der Waals surface area contributed by atoms with Gasteiger partial charge in [-0.1, -0.05) is 0 Å². The largest absolute Gasteiger partial charge is 0.369 e. The first-order valence-electron chi connectivity index (χ1n) is 5.84. The minimum absolute atomic E-state index is 0.282. The average Bonchev–Trinajstić information content (AvgIpc) is 2.29. The molecule has 0 radical (unpaired) electrons. The van der Waals surface area contributed by atoms with E-state index < -0.39 is 0 Å². The van der Waals surface area contributed by atoms with Crippen LogP contribution in [0.4, 0.5) is 0 Å². The predicted octanol–water partition coefficient (Wildman–Crippen LogP) is -0.171. The Morgan fingerprint density at radius 1 is 1.50 bits per heavy atom. The van der Waals surface area contributed by atoms with Crippen molar-refractivity contribution in [3.05, 3.63) is 0 Å². The Kier molecular flexibility index (Phi) is 5.83. The van der Waals surface area contributed by atoms with Crippen molar-refractivity contribution in [1.29, 1.82) is 5.26 Å². The number of hydrogen-bond donors (Lipinski definition) is 2. The molecule has 3 N–H and O–H groups in total. The van der Waals surface area contributed by atoms with E-state index in [0.717, 1.165) is 38.9 Å². The molecule has 1 heterocycles. The van der Waals surface area contributed by atoms with Crippen molar-refractivity contribution in [3.8, 4) is 6.07 Å². The highest BCUT2D eigenvalue weighted by Gasteiger charge is 2.21. The summed E-state index contributed by atoms with van der Waals surface area (Å²) in [6.07, 6.45) is 3.47. The molecule has 1 saturated heterocycles. The Morgan fingerprint density at radius 3 is 2.75 bits per heavy atom. The standard InChI is InChI=1S/C11H20N4O/c12-5-1-2-8-15(9-11(13)16)10-3-6-14-7-4-10/h10,14H,1-4,6-9H2,(H2,13,16). The van der Waals surface area contributed by atoms with Gasteiger partial charge in [0.25, 0.3) is 0 Å².